The van der Waals surface area contributed by atoms with Gasteiger partial charge in [-0.05, 0) is 74.9 Å². The number of amides is 1. The molecule has 0 aromatic heterocycles. The molecule has 0 bridgehead atoms. The summed E-state index contributed by atoms with van der Waals surface area (Å²) in [6.07, 6.45) is 5.26. The van der Waals surface area contributed by atoms with Crippen molar-refractivity contribution in [1.29, 1.82) is 0 Å². The SMILES string of the molecule is O=C(c1cccc(S(=O)(=O)NCC2CC2)c1)N1CCCN(CCCc2ccccc2)CC1. The minimum atomic E-state index is -3.58. The monoisotopic (exact) mass is 455 g/mol. The zero-order valence-electron chi connectivity index (χ0n) is 18.6. The first-order chi connectivity index (χ1) is 15.5. The van der Waals surface area contributed by atoms with Gasteiger partial charge in [0.05, 0.1) is 4.90 Å². The van der Waals surface area contributed by atoms with Crippen LogP contribution in [0.25, 0.3) is 0 Å². The lowest BCUT2D eigenvalue weighted by Gasteiger charge is -2.22. The predicted octanol–water partition coefficient (Wildman–Crippen LogP) is 3.16. The quantitative estimate of drug-likeness (QED) is 0.631. The van der Waals surface area contributed by atoms with Gasteiger partial charge in [0.15, 0.2) is 0 Å². The van der Waals surface area contributed by atoms with Crippen LogP contribution in [0.1, 0.15) is 41.6 Å². The molecule has 6 nitrogen and oxygen atoms in total. The van der Waals surface area contributed by atoms with Gasteiger partial charge in [-0.1, -0.05) is 36.4 Å². The molecule has 1 N–H and O–H groups in total. The number of hydrogen-bond donors (Lipinski definition) is 1. The van der Waals surface area contributed by atoms with E-state index in [9.17, 15) is 13.2 Å². The number of carbonyl (C=O) groups excluding carboxylic acids is 1. The Morgan fingerprint density at radius 1 is 0.969 bits per heavy atom. The Morgan fingerprint density at radius 3 is 2.56 bits per heavy atom. The average molecular weight is 456 g/mol. The highest BCUT2D eigenvalue weighted by Crippen LogP contribution is 2.28. The lowest BCUT2D eigenvalue weighted by molar-refractivity contribution is 0.0761. The van der Waals surface area contributed by atoms with Crippen LogP contribution in [-0.2, 0) is 16.4 Å². The van der Waals surface area contributed by atoms with Gasteiger partial charge in [0.1, 0.15) is 0 Å². The van der Waals surface area contributed by atoms with Crippen molar-refractivity contribution in [1.82, 2.24) is 14.5 Å². The van der Waals surface area contributed by atoms with Gasteiger partial charge in [0.25, 0.3) is 5.91 Å². The lowest BCUT2D eigenvalue weighted by Crippen LogP contribution is -2.35. The number of benzene rings is 2. The maximum Gasteiger partial charge on any atom is 0.253 e. The Labute approximate surface area is 191 Å². The van der Waals surface area contributed by atoms with Crippen LogP contribution in [0.3, 0.4) is 0 Å². The van der Waals surface area contributed by atoms with E-state index in [0.29, 0.717) is 31.1 Å². The van der Waals surface area contributed by atoms with Gasteiger partial charge in [0, 0.05) is 31.7 Å². The van der Waals surface area contributed by atoms with Crippen molar-refractivity contribution in [3.8, 4) is 0 Å². The van der Waals surface area contributed by atoms with Crippen molar-refractivity contribution in [3.63, 3.8) is 0 Å². The molecule has 2 fully saturated rings. The summed E-state index contributed by atoms with van der Waals surface area (Å²) in [4.78, 5) is 17.6. The van der Waals surface area contributed by atoms with E-state index in [2.05, 4.69) is 33.9 Å². The summed E-state index contributed by atoms with van der Waals surface area (Å²) >= 11 is 0. The second-order valence-electron chi connectivity index (χ2n) is 8.90. The number of nitrogens with zero attached hydrogens (tertiary/aromatic N) is 2. The van der Waals surface area contributed by atoms with E-state index in [0.717, 1.165) is 51.7 Å². The highest BCUT2D eigenvalue weighted by molar-refractivity contribution is 7.89. The Morgan fingerprint density at radius 2 is 1.78 bits per heavy atom. The second kappa shape index (κ2) is 10.6. The summed E-state index contributed by atoms with van der Waals surface area (Å²) < 4.78 is 27.8. The summed E-state index contributed by atoms with van der Waals surface area (Å²) in [5, 5.41) is 0. The standard InChI is InChI=1S/C25H33N3O3S/c29-25(23-10-4-11-24(19-23)32(30,31)26-20-22-12-13-22)28-16-6-15-27(17-18-28)14-5-9-21-7-2-1-3-8-21/h1-4,7-8,10-11,19,22,26H,5-6,9,12-18,20H2. The number of sulfonamides is 1. The molecule has 1 amide bonds. The molecule has 1 saturated carbocycles. The van der Waals surface area contributed by atoms with E-state index in [4.69, 9.17) is 0 Å². The highest BCUT2D eigenvalue weighted by Gasteiger charge is 2.25. The number of carbonyl (C=O) groups is 1. The predicted molar refractivity (Wildman–Crippen MR) is 126 cm³/mol. The zero-order chi connectivity index (χ0) is 22.4. The molecule has 0 atom stereocenters. The zero-order valence-corrected chi connectivity index (χ0v) is 19.4. The summed E-state index contributed by atoms with van der Waals surface area (Å²) in [5.41, 5.74) is 1.80. The summed E-state index contributed by atoms with van der Waals surface area (Å²) in [7, 11) is -3.58. The first-order valence-corrected chi connectivity index (χ1v) is 13.1. The van der Waals surface area contributed by atoms with E-state index in [1.165, 1.54) is 11.6 Å². The number of nitrogens with one attached hydrogen (secondary N) is 1. The van der Waals surface area contributed by atoms with Crippen molar-refractivity contribution in [3.05, 3.63) is 65.7 Å². The number of hydrogen-bond acceptors (Lipinski definition) is 4. The van der Waals surface area contributed by atoms with Crippen molar-refractivity contribution < 1.29 is 13.2 Å². The van der Waals surface area contributed by atoms with Gasteiger partial charge >= 0.3 is 0 Å². The fourth-order valence-electron chi connectivity index (χ4n) is 4.16. The molecule has 2 aliphatic rings. The first-order valence-electron chi connectivity index (χ1n) is 11.7. The molecule has 32 heavy (non-hydrogen) atoms. The van der Waals surface area contributed by atoms with Gasteiger partial charge in [-0.25, -0.2) is 13.1 Å². The van der Waals surface area contributed by atoms with Crippen molar-refractivity contribution >= 4 is 15.9 Å². The Kier molecular flexibility index (Phi) is 7.60. The van der Waals surface area contributed by atoms with Gasteiger partial charge < -0.3 is 9.80 Å². The Bertz CT molecular complexity index is 1010. The van der Waals surface area contributed by atoms with E-state index >= 15 is 0 Å². The number of rotatable bonds is 9. The molecule has 4 rings (SSSR count). The molecule has 2 aromatic rings. The van der Waals surface area contributed by atoms with Crippen LogP contribution in [-0.4, -0.2) is 63.4 Å². The molecule has 0 spiro atoms. The fourth-order valence-corrected chi connectivity index (χ4v) is 5.32. The molecule has 0 unspecified atom stereocenters. The largest absolute Gasteiger partial charge is 0.337 e. The summed E-state index contributed by atoms with van der Waals surface area (Å²) in [6, 6.07) is 17.0. The average Bonchev–Trinajstić information content (AvgIpc) is 3.66. The minimum Gasteiger partial charge on any atom is -0.337 e. The molecule has 0 radical (unpaired) electrons. The molecule has 1 aliphatic heterocycles. The van der Waals surface area contributed by atoms with E-state index in [1.54, 1.807) is 18.2 Å². The third kappa shape index (κ3) is 6.40. The van der Waals surface area contributed by atoms with E-state index < -0.39 is 10.0 Å². The molecule has 2 aromatic carbocycles. The lowest BCUT2D eigenvalue weighted by atomic mass is 10.1. The number of aryl methyl sites for hydroxylation is 1. The van der Waals surface area contributed by atoms with Crippen molar-refractivity contribution in [2.75, 3.05) is 39.3 Å². The Hall–Kier alpha value is -2.22. The van der Waals surface area contributed by atoms with Crippen LogP contribution in [0.2, 0.25) is 0 Å². The van der Waals surface area contributed by atoms with Gasteiger partial charge in [-0.2, -0.15) is 0 Å². The van der Waals surface area contributed by atoms with Crippen LogP contribution in [0, 0.1) is 5.92 Å². The molecule has 1 aliphatic carbocycles. The van der Waals surface area contributed by atoms with Gasteiger partial charge in [0.2, 0.25) is 10.0 Å². The van der Waals surface area contributed by atoms with Crippen LogP contribution in [0.5, 0.6) is 0 Å². The summed E-state index contributed by atoms with van der Waals surface area (Å²) in [5.74, 6) is 0.373. The molecule has 172 valence electrons. The van der Waals surface area contributed by atoms with Crippen molar-refractivity contribution in [2.45, 2.75) is 37.0 Å². The highest BCUT2D eigenvalue weighted by atomic mass is 32.2. The van der Waals surface area contributed by atoms with E-state index in [-0.39, 0.29) is 10.8 Å². The molecule has 1 heterocycles. The van der Waals surface area contributed by atoms with Crippen LogP contribution < -0.4 is 4.72 Å². The third-order valence-electron chi connectivity index (χ3n) is 6.31. The van der Waals surface area contributed by atoms with Crippen molar-refractivity contribution in [2.24, 2.45) is 5.92 Å². The van der Waals surface area contributed by atoms with Gasteiger partial charge in [-0.15, -0.1) is 0 Å². The van der Waals surface area contributed by atoms with E-state index in [1.807, 2.05) is 11.0 Å². The maximum absolute atomic E-state index is 13.1. The minimum absolute atomic E-state index is 0.0876. The van der Waals surface area contributed by atoms with Crippen LogP contribution >= 0.6 is 0 Å². The van der Waals surface area contributed by atoms with Crippen LogP contribution in [0.4, 0.5) is 0 Å². The summed E-state index contributed by atoms with van der Waals surface area (Å²) in [6.45, 7) is 4.70. The molecular formula is C25H33N3O3S. The fraction of sp³-hybridized carbons (Fsp3) is 0.480. The Balaban J connectivity index is 1.30. The second-order valence-corrected chi connectivity index (χ2v) is 10.7. The van der Waals surface area contributed by atoms with Gasteiger partial charge in [-0.3, -0.25) is 4.79 Å². The topological polar surface area (TPSA) is 69.7 Å². The van der Waals surface area contributed by atoms with Crippen LogP contribution in [0.15, 0.2) is 59.5 Å². The smallest absolute Gasteiger partial charge is 0.253 e. The third-order valence-corrected chi connectivity index (χ3v) is 7.73. The molecular weight excluding hydrogens is 422 g/mol. The molecule has 7 heteroatoms. The molecule has 1 saturated heterocycles. The first kappa shape index (κ1) is 23.0. The maximum atomic E-state index is 13.1. The normalized spacial score (nSPS) is 17.8.